The SMILES string of the molecule is CCNc1ccc(Cl)c(COc2ccc(Br)cc2Br)n1. The monoisotopic (exact) mass is 418 g/mol. The molecule has 0 fully saturated rings. The van der Waals surface area contributed by atoms with Crippen molar-refractivity contribution in [3.8, 4) is 5.75 Å². The average Bonchev–Trinajstić information content (AvgIpc) is 2.41. The van der Waals surface area contributed by atoms with Gasteiger partial charge in [-0.15, -0.1) is 0 Å². The molecule has 3 nitrogen and oxygen atoms in total. The van der Waals surface area contributed by atoms with E-state index >= 15 is 0 Å². The van der Waals surface area contributed by atoms with Crippen molar-refractivity contribution in [3.05, 3.63) is 50.0 Å². The lowest BCUT2D eigenvalue weighted by Gasteiger charge is -2.11. The van der Waals surface area contributed by atoms with Gasteiger partial charge in [0.25, 0.3) is 0 Å². The molecule has 0 spiro atoms. The molecule has 0 saturated carbocycles. The molecule has 106 valence electrons. The van der Waals surface area contributed by atoms with E-state index in [1.165, 1.54) is 0 Å². The first kappa shape index (κ1) is 15.6. The number of nitrogens with zero attached hydrogens (tertiary/aromatic N) is 1. The lowest BCUT2D eigenvalue weighted by atomic mass is 10.3. The summed E-state index contributed by atoms with van der Waals surface area (Å²) in [5.41, 5.74) is 0.708. The van der Waals surface area contributed by atoms with Crippen LogP contribution in [0.2, 0.25) is 5.02 Å². The van der Waals surface area contributed by atoms with E-state index in [9.17, 15) is 0 Å². The molecular formula is C14H13Br2ClN2O. The molecule has 0 aliphatic rings. The van der Waals surface area contributed by atoms with Crippen molar-refractivity contribution in [2.75, 3.05) is 11.9 Å². The number of anilines is 1. The van der Waals surface area contributed by atoms with E-state index in [-0.39, 0.29) is 0 Å². The van der Waals surface area contributed by atoms with E-state index in [0.29, 0.717) is 17.3 Å². The molecule has 6 heteroatoms. The average molecular weight is 421 g/mol. The third-order valence-corrected chi connectivity index (χ3v) is 3.99. The lowest BCUT2D eigenvalue weighted by molar-refractivity contribution is 0.299. The summed E-state index contributed by atoms with van der Waals surface area (Å²) in [7, 11) is 0. The zero-order chi connectivity index (χ0) is 14.5. The maximum atomic E-state index is 6.14. The largest absolute Gasteiger partial charge is 0.486 e. The topological polar surface area (TPSA) is 34.1 Å². The van der Waals surface area contributed by atoms with E-state index in [1.54, 1.807) is 0 Å². The number of pyridine rings is 1. The van der Waals surface area contributed by atoms with Crippen LogP contribution in [-0.4, -0.2) is 11.5 Å². The van der Waals surface area contributed by atoms with Crippen molar-refractivity contribution in [2.24, 2.45) is 0 Å². The van der Waals surface area contributed by atoms with Gasteiger partial charge in [-0.3, -0.25) is 0 Å². The maximum Gasteiger partial charge on any atom is 0.134 e. The normalized spacial score (nSPS) is 10.4. The number of halogens is 3. The molecule has 2 rings (SSSR count). The number of benzene rings is 1. The zero-order valence-corrected chi connectivity index (χ0v) is 14.7. The van der Waals surface area contributed by atoms with E-state index in [0.717, 1.165) is 27.1 Å². The van der Waals surface area contributed by atoms with Gasteiger partial charge in [0.2, 0.25) is 0 Å². The van der Waals surface area contributed by atoms with Gasteiger partial charge in [-0.25, -0.2) is 4.98 Å². The second-order valence-corrected chi connectivity index (χ2v) is 6.20. The summed E-state index contributed by atoms with van der Waals surface area (Å²) in [4.78, 5) is 4.43. The predicted molar refractivity (Wildman–Crippen MR) is 89.6 cm³/mol. The third-order valence-electron chi connectivity index (χ3n) is 2.53. The minimum Gasteiger partial charge on any atom is -0.486 e. The molecule has 1 heterocycles. The Hall–Kier alpha value is -0.780. The van der Waals surface area contributed by atoms with Crippen LogP contribution in [0, 0.1) is 0 Å². The summed E-state index contributed by atoms with van der Waals surface area (Å²) >= 11 is 13.0. The van der Waals surface area contributed by atoms with Crippen molar-refractivity contribution >= 4 is 49.3 Å². The van der Waals surface area contributed by atoms with Crippen LogP contribution < -0.4 is 10.1 Å². The molecule has 0 atom stereocenters. The summed E-state index contributed by atoms with van der Waals surface area (Å²) in [5.74, 6) is 1.55. The molecule has 0 unspecified atom stereocenters. The summed E-state index contributed by atoms with van der Waals surface area (Å²) in [6.07, 6.45) is 0. The Morgan fingerprint density at radius 3 is 2.75 bits per heavy atom. The van der Waals surface area contributed by atoms with Crippen molar-refractivity contribution in [2.45, 2.75) is 13.5 Å². The van der Waals surface area contributed by atoms with Gasteiger partial charge < -0.3 is 10.1 Å². The maximum absolute atomic E-state index is 6.14. The van der Waals surface area contributed by atoms with Crippen LogP contribution in [0.25, 0.3) is 0 Å². The predicted octanol–water partition coefficient (Wildman–Crippen LogP) is 5.27. The first-order valence-corrected chi connectivity index (χ1v) is 8.03. The second kappa shape index (κ2) is 7.29. The number of hydrogen-bond donors (Lipinski definition) is 1. The standard InChI is InChI=1S/C14H13Br2ClN2O/c1-2-18-14-6-4-11(17)12(19-14)8-20-13-5-3-9(15)7-10(13)16/h3-7H,2,8H2,1H3,(H,18,19). The van der Waals surface area contributed by atoms with Crippen LogP contribution >= 0.6 is 43.5 Å². The fraction of sp³-hybridized carbons (Fsp3) is 0.214. The Balaban J connectivity index is 2.11. The highest BCUT2D eigenvalue weighted by Gasteiger charge is 2.07. The molecule has 1 N–H and O–H groups in total. The van der Waals surface area contributed by atoms with Crippen LogP contribution in [-0.2, 0) is 6.61 Å². The van der Waals surface area contributed by atoms with Crippen molar-refractivity contribution < 1.29 is 4.74 Å². The van der Waals surface area contributed by atoms with Crippen LogP contribution in [0.1, 0.15) is 12.6 Å². The Morgan fingerprint density at radius 2 is 2.05 bits per heavy atom. The Morgan fingerprint density at radius 1 is 1.25 bits per heavy atom. The van der Waals surface area contributed by atoms with Crippen molar-refractivity contribution in [3.63, 3.8) is 0 Å². The molecule has 1 aromatic heterocycles. The molecule has 0 saturated heterocycles. The summed E-state index contributed by atoms with van der Waals surface area (Å²) in [5, 5.41) is 3.75. The van der Waals surface area contributed by atoms with Crippen molar-refractivity contribution in [1.29, 1.82) is 0 Å². The highest BCUT2D eigenvalue weighted by Crippen LogP contribution is 2.29. The Labute approximate surface area is 140 Å². The summed E-state index contributed by atoms with van der Waals surface area (Å²) in [6, 6.07) is 9.41. The van der Waals surface area contributed by atoms with Crippen LogP contribution in [0.5, 0.6) is 5.75 Å². The second-order valence-electron chi connectivity index (χ2n) is 4.02. The van der Waals surface area contributed by atoms with Gasteiger partial charge in [0, 0.05) is 11.0 Å². The van der Waals surface area contributed by atoms with Crippen LogP contribution in [0.4, 0.5) is 5.82 Å². The lowest BCUT2D eigenvalue weighted by Crippen LogP contribution is -2.04. The van der Waals surface area contributed by atoms with Gasteiger partial charge in [-0.2, -0.15) is 0 Å². The van der Waals surface area contributed by atoms with Crippen LogP contribution in [0.3, 0.4) is 0 Å². The van der Waals surface area contributed by atoms with Gasteiger partial charge in [0.15, 0.2) is 0 Å². The third kappa shape index (κ3) is 4.11. The first-order valence-electron chi connectivity index (χ1n) is 6.07. The highest BCUT2D eigenvalue weighted by molar-refractivity contribution is 9.11. The minimum absolute atomic E-state index is 0.318. The van der Waals surface area contributed by atoms with E-state index < -0.39 is 0 Å². The Bertz CT molecular complexity index is 608. The van der Waals surface area contributed by atoms with Crippen molar-refractivity contribution in [1.82, 2.24) is 4.98 Å². The highest BCUT2D eigenvalue weighted by atomic mass is 79.9. The molecule has 1 aromatic carbocycles. The van der Waals surface area contributed by atoms with Gasteiger partial charge in [0.05, 0.1) is 15.2 Å². The minimum atomic E-state index is 0.318. The van der Waals surface area contributed by atoms with E-state index in [1.807, 2.05) is 37.3 Å². The van der Waals surface area contributed by atoms with Gasteiger partial charge >= 0.3 is 0 Å². The van der Waals surface area contributed by atoms with Crippen LogP contribution in [0.15, 0.2) is 39.3 Å². The van der Waals surface area contributed by atoms with Gasteiger partial charge in [0.1, 0.15) is 18.2 Å². The molecule has 0 aliphatic carbocycles. The zero-order valence-electron chi connectivity index (χ0n) is 10.8. The molecule has 0 aliphatic heterocycles. The van der Waals surface area contributed by atoms with E-state index in [4.69, 9.17) is 16.3 Å². The summed E-state index contributed by atoms with van der Waals surface area (Å²) in [6.45, 7) is 3.15. The molecule has 0 radical (unpaired) electrons. The fourth-order valence-corrected chi connectivity index (χ4v) is 2.92. The quantitative estimate of drug-likeness (QED) is 0.715. The molecule has 20 heavy (non-hydrogen) atoms. The number of nitrogens with one attached hydrogen (secondary N) is 1. The molecule has 0 bridgehead atoms. The Kier molecular flexibility index (Phi) is 5.69. The van der Waals surface area contributed by atoms with E-state index in [2.05, 4.69) is 42.2 Å². The molecule has 0 amide bonds. The number of rotatable bonds is 5. The smallest absolute Gasteiger partial charge is 0.134 e. The number of hydrogen-bond acceptors (Lipinski definition) is 3. The number of aromatic nitrogens is 1. The first-order chi connectivity index (χ1) is 9.60. The molecule has 2 aromatic rings. The molecular weight excluding hydrogens is 407 g/mol. The van der Waals surface area contributed by atoms with Gasteiger partial charge in [-0.1, -0.05) is 27.5 Å². The summed E-state index contributed by atoms with van der Waals surface area (Å²) < 4.78 is 7.62. The fourth-order valence-electron chi connectivity index (χ4n) is 1.60. The van der Waals surface area contributed by atoms with Gasteiger partial charge in [-0.05, 0) is 53.2 Å². The number of ether oxygens (including phenoxy) is 1.